The third-order valence-electron chi connectivity index (χ3n) is 4.94. The van der Waals surface area contributed by atoms with Crippen LogP contribution in [0.15, 0.2) is 57.7 Å². The topological polar surface area (TPSA) is 90.2 Å². The van der Waals surface area contributed by atoms with Crippen molar-refractivity contribution in [3.8, 4) is 23.0 Å². The van der Waals surface area contributed by atoms with Crippen molar-refractivity contribution in [1.82, 2.24) is 5.32 Å². The van der Waals surface area contributed by atoms with Crippen molar-refractivity contribution in [2.45, 2.75) is 31.9 Å². The monoisotopic (exact) mass is 411 g/mol. The van der Waals surface area contributed by atoms with Gasteiger partial charge in [-0.05, 0) is 50.2 Å². The second-order valence-corrected chi connectivity index (χ2v) is 7.43. The molecule has 4 rings (SSSR count). The predicted octanol–water partition coefficient (Wildman–Crippen LogP) is 3.48. The molecule has 1 aliphatic heterocycles. The molecule has 0 amide bonds. The molecule has 0 fully saturated rings. The van der Waals surface area contributed by atoms with Gasteiger partial charge in [-0.1, -0.05) is 0 Å². The fraction of sp³-hybridized carbons (Fsp3) is 0.348. The Balaban J connectivity index is 1.17. The van der Waals surface area contributed by atoms with E-state index >= 15 is 0 Å². The fourth-order valence-corrected chi connectivity index (χ4v) is 3.44. The van der Waals surface area contributed by atoms with E-state index < -0.39 is 0 Å². The zero-order valence-electron chi connectivity index (χ0n) is 16.8. The minimum absolute atomic E-state index is 0.0645. The van der Waals surface area contributed by atoms with E-state index in [-0.39, 0.29) is 23.5 Å². The molecule has 0 bridgehead atoms. The Morgan fingerprint density at radius 2 is 2.03 bits per heavy atom. The van der Waals surface area contributed by atoms with Gasteiger partial charge in [-0.15, -0.1) is 0 Å². The molecule has 1 aromatic heterocycles. The Morgan fingerprint density at radius 3 is 2.93 bits per heavy atom. The van der Waals surface area contributed by atoms with E-state index in [0.29, 0.717) is 36.0 Å². The van der Waals surface area contributed by atoms with Crippen LogP contribution < -0.4 is 25.2 Å². The average Bonchev–Trinajstić information content (AvgIpc) is 2.73. The molecular formula is C23H25NO6. The lowest BCUT2D eigenvalue weighted by atomic mass is 10.1. The van der Waals surface area contributed by atoms with Gasteiger partial charge < -0.3 is 29.1 Å². The van der Waals surface area contributed by atoms with Crippen molar-refractivity contribution >= 4 is 11.0 Å². The van der Waals surface area contributed by atoms with Crippen LogP contribution in [0.25, 0.3) is 11.0 Å². The van der Waals surface area contributed by atoms with E-state index in [0.717, 1.165) is 24.8 Å². The number of aromatic hydroxyl groups is 1. The van der Waals surface area contributed by atoms with Gasteiger partial charge in [0.25, 0.3) is 0 Å². The minimum Gasteiger partial charge on any atom is -0.508 e. The van der Waals surface area contributed by atoms with Gasteiger partial charge in [-0.25, -0.2) is 4.79 Å². The number of phenols is 1. The highest BCUT2D eigenvalue weighted by Crippen LogP contribution is 2.35. The van der Waals surface area contributed by atoms with Crippen LogP contribution in [0, 0.1) is 0 Å². The normalized spacial score (nSPS) is 16.4. The van der Waals surface area contributed by atoms with Gasteiger partial charge in [0.05, 0.1) is 6.61 Å². The molecule has 0 saturated heterocycles. The van der Waals surface area contributed by atoms with E-state index in [1.54, 1.807) is 30.3 Å². The van der Waals surface area contributed by atoms with Crippen LogP contribution in [0.2, 0.25) is 0 Å². The zero-order chi connectivity index (χ0) is 20.9. The highest BCUT2D eigenvalue weighted by Gasteiger charge is 2.23. The van der Waals surface area contributed by atoms with Crippen molar-refractivity contribution in [2.24, 2.45) is 0 Å². The van der Waals surface area contributed by atoms with Gasteiger partial charge >= 0.3 is 5.63 Å². The molecule has 7 nitrogen and oxygen atoms in total. The Labute approximate surface area is 174 Å². The van der Waals surface area contributed by atoms with E-state index in [4.69, 9.17) is 18.6 Å². The first-order valence-corrected chi connectivity index (χ1v) is 10.1. The summed E-state index contributed by atoms with van der Waals surface area (Å²) in [6.45, 7) is 3.95. The second-order valence-electron chi connectivity index (χ2n) is 7.43. The van der Waals surface area contributed by atoms with Gasteiger partial charge in [0.15, 0.2) is 11.5 Å². The third-order valence-corrected chi connectivity index (χ3v) is 4.94. The summed E-state index contributed by atoms with van der Waals surface area (Å²) in [6.07, 6.45) is 1.56. The summed E-state index contributed by atoms with van der Waals surface area (Å²) in [6, 6.07) is 13.7. The summed E-state index contributed by atoms with van der Waals surface area (Å²) in [5.74, 6) is 2.09. The SMILES string of the molecule is CC(CC1COc2ccc(O)cc2O1)NCCCOc1ccc2ccc(=O)oc2c1. The fourth-order valence-electron chi connectivity index (χ4n) is 3.44. The van der Waals surface area contributed by atoms with Crippen LogP contribution >= 0.6 is 0 Å². The largest absolute Gasteiger partial charge is 0.508 e. The number of rotatable bonds is 8. The van der Waals surface area contributed by atoms with E-state index in [1.165, 1.54) is 6.07 Å². The molecule has 2 aromatic carbocycles. The summed E-state index contributed by atoms with van der Waals surface area (Å²) in [4.78, 5) is 11.3. The third kappa shape index (κ3) is 5.04. The van der Waals surface area contributed by atoms with Crippen molar-refractivity contribution in [3.63, 3.8) is 0 Å². The summed E-state index contributed by atoms with van der Waals surface area (Å²) < 4.78 is 22.6. The molecule has 158 valence electrons. The van der Waals surface area contributed by atoms with Crippen LogP contribution in [-0.4, -0.2) is 37.0 Å². The van der Waals surface area contributed by atoms with E-state index in [9.17, 15) is 9.90 Å². The van der Waals surface area contributed by atoms with Crippen molar-refractivity contribution < 1.29 is 23.7 Å². The molecule has 0 saturated carbocycles. The Hall–Kier alpha value is -3.19. The van der Waals surface area contributed by atoms with Gasteiger partial charge in [0.1, 0.15) is 29.8 Å². The molecule has 2 N–H and O–H groups in total. The smallest absolute Gasteiger partial charge is 0.336 e. The number of fused-ring (bicyclic) bond motifs is 2. The summed E-state index contributed by atoms with van der Waals surface area (Å²) in [5, 5.41) is 13.9. The van der Waals surface area contributed by atoms with Crippen LogP contribution in [0.1, 0.15) is 19.8 Å². The molecule has 2 heterocycles. The summed E-state index contributed by atoms with van der Waals surface area (Å²) >= 11 is 0. The molecule has 0 spiro atoms. The Kier molecular flexibility index (Phi) is 6.09. The van der Waals surface area contributed by atoms with Crippen molar-refractivity contribution in [1.29, 1.82) is 0 Å². The number of benzene rings is 2. The molecule has 7 heteroatoms. The van der Waals surface area contributed by atoms with Crippen LogP contribution in [0.3, 0.4) is 0 Å². The molecular weight excluding hydrogens is 386 g/mol. The maximum atomic E-state index is 11.3. The van der Waals surface area contributed by atoms with Gasteiger partial charge in [-0.2, -0.15) is 0 Å². The molecule has 30 heavy (non-hydrogen) atoms. The van der Waals surface area contributed by atoms with Gasteiger partial charge in [0.2, 0.25) is 0 Å². The van der Waals surface area contributed by atoms with Crippen molar-refractivity contribution in [2.75, 3.05) is 19.8 Å². The highest BCUT2D eigenvalue weighted by molar-refractivity contribution is 5.77. The average molecular weight is 411 g/mol. The zero-order valence-corrected chi connectivity index (χ0v) is 16.8. The number of hydrogen-bond acceptors (Lipinski definition) is 7. The maximum absolute atomic E-state index is 11.3. The van der Waals surface area contributed by atoms with Crippen LogP contribution in [0.4, 0.5) is 0 Å². The molecule has 2 unspecified atom stereocenters. The minimum atomic E-state index is -0.370. The number of nitrogens with one attached hydrogen (secondary N) is 1. The Morgan fingerprint density at radius 1 is 1.17 bits per heavy atom. The maximum Gasteiger partial charge on any atom is 0.336 e. The second kappa shape index (κ2) is 9.09. The quantitative estimate of drug-likeness (QED) is 0.433. The lowest BCUT2D eigenvalue weighted by molar-refractivity contribution is 0.0777. The first-order valence-electron chi connectivity index (χ1n) is 10.1. The highest BCUT2D eigenvalue weighted by atomic mass is 16.6. The molecule has 3 aromatic rings. The summed E-state index contributed by atoms with van der Waals surface area (Å²) in [7, 11) is 0. The number of phenolic OH excluding ortho intramolecular Hbond substituents is 1. The number of ether oxygens (including phenoxy) is 3. The van der Waals surface area contributed by atoms with E-state index in [2.05, 4.69) is 12.2 Å². The van der Waals surface area contributed by atoms with Gasteiger partial charge in [0, 0.05) is 36.0 Å². The molecule has 0 aliphatic carbocycles. The van der Waals surface area contributed by atoms with Gasteiger partial charge in [-0.3, -0.25) is 0 Å². The van der Waals surface area contributed by atoms with Crippen LogP contribution in [0.5, 0.6) is 23.0 Å². The first-order chi connectivity index (χ1) is 14.6. The number of hydrogen-bond donors (Lipinski definition) is 2. The first kappa shape index (κ1) is 20.1. The lowest BCUT2D eigenvalue weighted by Crippen LogP contribution is -2.37. The lowest BCUT2D eigenvalue weighted by Gasteiger charge is -2.28. The van der Waals surface area contributed by atoms with Crippen LogP contribution in [-0.2, 0) is 0 Å². The summed E-state index contributed by atoms with van der Waals surface area (Å²) in [5.41, 5.74) is 0.154. The van der Waals surface area contributed by atoms with E-state index in [1.807, 2.05) is 12.1 Å². The van der Waals surface area contributed by atoms with Crippen molar-refractivity contribution in [3.05, 3.63) is 59.0 Å². The predicted molar refractivity (Wildman–Crippen MR) is 113 cm³/mol. The standard InChI is InChI=1S/C23H25NO6/c1-15(11-19-14-28-20-7-5-17(25)12-22(20)29-19)24-9-2-10-27-18-6-3-16-4-8-23(26)30-21(16)13-18/h3-8,12-13,15,19,24-25H,2,9-11,14H2,1H3. The molecule has 2 atom stereocenters. The molecule has 0 radical (unpaired) electrons. The Bertz CT molecular complexity index is 1060. The molecule has 1 aliphatic rings.